The zero-order chi connectivity index (χ0) is 6.28. The summed E-state index contributed by atoms with van der Waals surface area (Å²) in [5, 5.41) is 8.93. The SMILES string of the molecule is CC[O].F.F[C](F)F.[OH]. The van der Waals surface area contributed by atoms with Crippen molar-refractivity contribution in [3.05, 3.63) is 6.68 Å². The average molecular weight is 151 g/mol. The number of hydrogen-bond donors (Lipinski definition) is 1. The van der Waals surface area contributed by atoms with Crippen LogP contribution in [0.2, 0.25) is 0 Å². The van der Waals surface area contributed by atoms with Crippen molar-refractivity contribution in [1.29, 1.82) is 0 Å². The van der Waals surface area contributed by atoms with Gasteiger partial charge in [-0.2, -0.15) is 13.2 Å². The van der Waals surface area contributed by atoms with E-state index in [0.717, 1.165) is 0 Å². The van der Waals surface area contributed by atoms with Crippen molar-refractivity contribution in [3.8, 4) is 0 Å². The summed E-state index contributed by atoms with van der Waals surface area (Å²) >= 11 is 0. The Morgan fingerprint density at radius 2 is 1.33 bits per heavy atom. The largest absolute Gasteiger partial charge is 0.487 e. The fourth-order valence-electron chi connectivity index (χ4n) is 0. The van der Waals surface area contributed by atoms with E-state index in [0.29, 0.717) is 0 Å². The second-order valence-electron chi connectivity index (χ2n) is 0.503. The molecule has 0 aliphatic heterocycles. The highest BCUT2D eigenvalue weighted by Crippen LogP contribution is 1.99. The van der Waals surface area contributed by atoms with Crippen LogP contribution in [0.4, 0.5) is 17.9 Å². The van der Waals surface area contributed by atoms with Gasteiger partial charge in [0.05, 0.1) is 6.61 Å². The molecule has 1 N–H and O–H groups in total. The van der Waals surface area contributed by atoms with Gasteiger partial charge in [0, 0.05) is 0 Å². The minimum Gasteiger partial charge on any atom is -0.269 e. The summed E-state index contributed by atoms with van der Waals surface area (Å²) in [7, 11) is 0. The summed E-state index contributed by atoms with van der Waals surface area (Å²) < 4.78 is 28.8. The van der Waals surface area contributed by atoms with Gasteiger partial charge in [0.2, 0.25) is 0 Å². The minimum absolute atomic E-state index is 0. The second kappa shape index (κ2) is 25.4. The maximum Gasteiger partial charge on any atom is 0.487 e. The van der Waals surface area contributed by atoms with Crippen molar-refractivity contribution in [3.63, 3.8) is 0 Å². The molecule has 0 rings (SSSR count). The zero-order valence-electron chi connectivity index (χ0n) is 4.60. The third-order valence-electron chi connectivity index (χ3n) is 0. The number of halogens is 4. The summed E-state index contributed by atoms with van der Waals surface area (Å²) in [6, 6.07) is 0. The van der Waals surface area contributed by atoms with E-state index in [1.54, 1.807) is 6.92 Å². The predicted octanol–water partition coefficient (Wildman–Crippen LogP) is 1.75. The van der Waals surface area contributed by atoms with Crippen LogP contribution in [0, 0.1) is 6.68 Å². The van der Waals surface area contributed by atoms with Crippen LogP contribution in [0.5, 0.6) is 0 Å². The van der Waals surface area contributed by atoms with Gasteiger partial charge in [-0.05, 0) is 6.92 Å². The normalized spacial score (nSPS) is 6.00. The summed E-state index contributed by atoms with van der Waals surface area (Å²) in [5.41, 5.74) is 0. The number of hydrogen-bond acceptors (Lipinski definition) is 0. The lowest BCUT2D eigenvalue weighted by Gasteiger charge is -1.60. The first-order valence-corrected chi connectivity index (χ1v) is 1.56. The molecule has 0 aromatic carbocycles. The van der Waals surface area contributed by atoms with Crippen molar-refractivity contribution in [1.82, 2.24) is 0 Å². The topological polar surface area (TPSA) is 49.9 Å². The van der Waals surface area contributed by atoms with Crippen molar-refractivity contribution in [2.24, 2.45) is 0 Å². The van der Waals surface area contributed by atoms with E-state index < -0.39 is 6.68 Å². The molecular formula is C3H7F4O2. The molecule has 0 fully saturated rings. The molecular weight excluding hydrogens is 144 g/mol. The predicted molar refractivity (Wildman–Crippen MR) is 22.2 cm³/mol. The Hall–Kier alpha value is -0.360. The van der Waals surface area contributed by atoms with E-state index in [2.05, 4.69) is 0 Å². The van der Waals surface area contributed by atoms with Gasteiger partial charge in [0.1, 0.15) is 0 Å². The molecule has 0 bridgehead atoms. The third kappa shape index (κ3) is 1880. The second-order valence-corrected chi connectivity index (χ2v) is 0.503. The molecule has 0 aliphatic rings. The Bertz CT molecular complexity index is 25.0. The van der Waals surface area contributed by atoms with Crippen molar-refractivity contribution in [2.75, 3.05) is 6.61 Å². The molecule has 0 spiro atoms. The van der Waals surface area contributed by atoms with E-state index >= 15 is 0 Å². The molecule has 3 radical (unpaired) electrons. The summed E-state index contributed by atoms with van der Waals surface area (Å²) in [6.45, 7) is -1.51. The van der Waals surface area contributed by atoms with Crippen LogP contribution in [0.1, 0.15) is 6.92 Å². The Morgan fingerprint density at radius 3 is 1.33 bits per heavy atom. The van der Waals surface area contributed by atoms with E-state index in [9.17, 15) is 13.2 Å². The van der Waals surface area contributed by atoms with Gasteiger partial charge in [-0.25, -0.2) is 5.11 Å². The van der Waals surface area contributed by atoms with Gasteiger partial charge in [-0.15, -0.1) is 0 Å². The van der Waals surface area contributed by atoms with Crippen molar-refractivity contribution < 1.29 is 28.5 Å². The highest BCUT2D eigenvalue weighted by molar-refractivity contribution is 4.21. The fraction of sp³-hybridized carbons (Fsp3) is 0.667. The van der Waals surface area contributed by atoms with Crippen molar-refractivity contribution >= 4 is 0 Å². The molecule has 0 saturated heterocycles. The van der Waals surface area contributed by atoms with Gasteiger partial charge in [-0.3, -0.25) is 10.2 Å². The van der Waals surface area contributed by atoms with Gasteiger partial charge in [0.15, 0.2) is 0 Å². The number of rotatable bonds is 0. The first kappa shape index (κ1) is 23.4. The van der Waals surface area contributed by atoms with Crippen LogP contribution in [0.15, 0.2) is 0 Å². The maximum atomic E-state index is 9.58. The molecule has 0 unspecified atom stereocenters. The van der Waals surface area contributed by atoms with Crippen LogP contribution in [0.25, 0.3) is 0 Å². The van der Waals surface area contributed by atoms with Gasteiger partial charge in [0.25, 0.3) is 0 Å². The molecule has 6 heteroatoms. The lowest BCUT2D eigenvalue weighted by atomic mass is 10.9. The molecule has 2 nitrogen and oxygen atoms in total. The Morgan fingerprint density at radius 1 is 1.33 bits per heavy atom. The summed E-state index contributed by atoms with van der Waals surface area (Å²) in [5.74, 6) is 0. The van der Waals surface area contributed by atoms with Gasteiger partial charge in [-0.1, -0.05) is 0 Å². The highest BCUT2D eigenvalue weighted by Gasteiger charge is 1.93. The highest BCUT2D eigenvalue weighted by atomic mass is 19.4. The first-order valence-electron chi connectivity index (χ1n) is 1.56. The Labute approximate surface area is 50.0 Å². The Kier molecular flexibility index (Phi) is 66.2. The average Bonchev–Trinajstić information content (AvgIpc) is 1.33. The molecule has 0 aliphatic carbocycles. The van der Waals surface area contributed by atoms with E-state index in [1.807, 2.05) is 0 Å². The standard InChI is InChI=1S/C2H5O.CF3.FH.HO/c1-2-3;2-1(3)4;;/h2H2,1H3;;2*1H. The van der Waals surface area contributed by atoms with Crippen LogP contribution in [-0.2, 0) is 5.11 Å². The van der Waals surface area contributed by atoms with E-state index in [1.165, 1.54) is 0 Å². The molecule has 0 atom stereocenters. The minimum atomic E-state index is -3.08. The van der Waals surface area contributed by atoms with E-state index in [-0.39, 0.29) is 16.8 Å². The summed E-state index contributed by atoms with van der Waals surface area (Å²) in [6.07, 6.45) is 0. The zero-order valence-corrected chi connectivity index (χ0v) is 4.60. The van der Waals surface area contributed by atoms with Gasteiger partial charge < -0.3 is 0 Å². The molecule has 0 amide bonds. The maximum absolute atomic E-state index is 9.58. The summed E-state index contributed by atoms with van der Waals surface area (Å²) in [4.78, 5) is 0. The smallest absolute Gasteiger partial charge is 0.269 e. The molecule has 0 heterocycles. The monoisotopic (exact) mass is 151 g/mol. The van der Waals surface area contributed by atoms with Crippen LogP contribution < -0.4 is 0 Å². The lowest BCUT2D eigenvalue weighted by molar-refractivity contribution is 0.142. The quantitative estimate of drug-likeness (QED) is 0.513. The van der Waals surface area contributed by atoms with Crippen molar-refractivity contribution in [2.45, 2.75) is 6.92 Å². The molecule has 0 aromatic rings. The van der Waals surface area contributed by atoms with E-state index in [4.69, 9.17) is 5.11 Å². The Balaban J connectivity index is -0.0000000233. The molecule has 0 saturated carbocycles. The first-order chi connectivity index (χ1) is 3.15. The lowest BCUT2D eigenvalue weighted by Crippen LogP contribution is -1.52. The van der Waals surface area contributed by atoms with Crippen LogP contribution in [-0.4, -0.2) is 12.1 Å². The fourth-order valence-corrected chi connectivity index (χ4v) is 0. The molecule has 59 valence electrons. The third-order valence-corrected chi connectivity index (χ3v) is 0. The molecule has 0 aromatic heterocycles. The molecule has 9 heavy (non-hydrogen) atoms. The van der Waals surface area contributed by atoms with Crippen LogP contribution >= 0.6 is 0 Å². The van der Waals surface area contributed by atoms with Gasteiger partial charge >= 0.3 is 6.68 Å². The van der Waals surface area contributed by atoms with Crippen LogP contribution in [0.3, 0.4) is 0 Å².